The molecule has 17 heavy (non-hydrogen) atoms. The van der Waals surface area contributed by atoms with Gasteiger partial charge in [-0.05, 0) is 23.6 Å². The molecule has 0 saturated heterocycles. The summed E-state index contributed by atoms with van der Waals surface area (Å²) in [6.07, 6.45) is 1.62. The van der Waals surface area contributed by atoms with Crippen LogP contribution < -0.4 is 9.47 Å². The van der Waals surface area contributed by atoms with Crippen molar-refractivity contribution in [2.75, 3.05) is 14.2 Å². The molecule has 0 fully saturated rings. The summed E-state index contributed by atoms with van der Waals surface area (Å²) in [4.78, 5) is 14.2. The minimum atomic E-state index is -0.202. The van der Waals surface area contributed by atoms with Gasteiger partial charge in [0.15, 0.2) is 11.5 Å². The Morgan fingerprint density at radius 1 is 1.18 bits per heavy atom. The fraction of sp³-hybridized carbons (Fsp3) is 0.462. The van der Waals surface area contributed by atoms with Crippen molar-refractivity contribution in [3.05, 3.63) is 23.8 Å². The Kier molecular flexibility index (Phi) is 4.73. The third-order valence-electron chi connectivity index (χ3n) is 2.57. The van der Waals surface area contributed by atoms with Gasteiger partial charge < -0.3 is 9.47 Å². The summed E-state index contributed by atoms with van der Waals surface area (Å²) < 4.78 is 10.4. The van der Waals surface area contributed by atoms with Gasteiger partial charge in [-0.15, -0.1) is 0 Å². The van der Waals surface area contributed by atoms with Crippen molar-refractivity contribution in [2.24, 2.45) is 10.9 Å². The summed E-state index contributed by atoms with van der Waals surface area (Å²) in [6, 6.07) is 5.33. The number of methoxy groups -OCH3 is 2. The van der Waals surface area contributed by atoms with E-state index in [2.05, 4.69) is 4.99 Å². The van der Waals surface area contributed by atoms with E-state index in [1.807, 2.05) is 32.0 Å². The molecule has 0 aliphatic rings. The molecule has 0 aliphatic carbocycles. The van der Waals surface area contributed by atoms with E-state index < -0.39 is 0 Å². The van der Waals surface area contributed by atoms with E-state index in [1.165, 1.54) is 0 Å². The molecule has 1 aromatic carbocycles. The van der Waals surface area contributed by atoms with Crippen molar-refractivity contribution in [3.8, 4) is 11.5 Å². The molecule has 1 aromatic rings. The van der Waals surface area contributed by atoms with Crippen LogP contribution in [0.1, 0.15) is 25.5 Å². The maximum Gasteiger partial charge on any atom is 0.235 e. The lowest BCUT2D eigenvalue weighted by Crippen LogP contribution is -2.04. The lowest BCUT2D eigenvalue weighted by Gasteiger charge is -2.17. The quantitative estimate of drug-likeness (QED) is 0.582. The van der Waals surface area contributed by atoms with Crippen LogP contribution >= 0.6 is 0 Å². The monoisotopic (exact) mass is 235 g/mol. The van der Waals surface area contributed by atoms with Gasteiger partial charge in [0.2, 0.25) is 6.08 Å². The number of nitrogens with zero attached hydrogens (tertiary/aromatic N) is 1. The number of isocyanates is 1. The first-order valence-electron chi connectivity index (χ1n) is 5.43. The maximum absolute atomic E-state index is 10.4. The number of ether oxygens (including phenoxy) is 2. The molecular formula is C13H17NO3. The molecule has 1 unspecified atom stereocenters. The molecule has 0 saturated carbocycles. The van der Waals surface area contributed by atoms with Crippen LogP contribution in [0.25, 0.3) is 0 Å². The van der Waals surface area contributed by atoms with Gasteiger partial charge in [-0.25, -0.2) is 4.79 Å². The van der Waals surface area contributed by atoms with E-state index in [0.717, 1.165) is 5.56 Å². The Bertz CT molecular complexity index is 423. The van der Waals surface area contributed by atoms with Crippen LogP contribution in [-0.4, -0.2) is 20.3 Å². The van der Waals surface area contributed by atoms with Crippen LogP contribution in [-0.2, 0) is 4.79 Å². The Morgan fingerprint density at radius 3 is 2.29 bits per heavy atom. The SMILES string of the molecule is COc1ccc(C(N=C=O)C(C)C)cc1OC. The van der Waals surface area contributed by atoms with Crippen LogP contribution in [0.4, 0.5) is 0 Å². The van der Waals surface area contributed by atoms with Crippen molar-refractivity contribution in [3.63, 3.8) is 0 Å². The Balaban J connectivity index is 3.16. The summed E-state index contributed by atoms with van der Waals surface area (Å²) in [7, 11) is 3.16. The lowest BCUT2D eigenvalue weighted by molar-refractivity contribution is 0.353. The molecule has 92 valence electrons. The predicted octanol–water partition coefficient (Wildman–Crippen LogP) is 2.74. The highest BCUT2D eigenvalue weighted by atomic mass is 16.5. The third-order valence-corrected chi connectivity index (χ3v) is 2.57. The average molecular weight is 235 g/mol. The molecule has 0 spiro atoms. The van der Waals surface area contributed by atoms with Crippen LogP contribution in [0, 0.1) is 5.92 Å². The summed E-state index contributed by atoms with van der Waals surface area (Å²) in [5.74, 6) is 1.51. The fourth-order valence-corrected chi connectivity index (χ4v) is 1.70. The van der Waals surface area contributed by atoms with E-state index >= 15 is 0 Å². The second-order valence-corrected chi connectivity index (χ2v) is 4.02. The third kappa shape index (κ3) is 3.08. The highest BCUT2D eigenvalue weighted by Crippen LogP contribution is 2.33. The van der Waals surface area contributed by atoms with Crippen molar-refractivity contribution in [1.29, 1.82) is 0 Å². The van der Waals surface area contributed by atoms with Crippen LogP contribution in [0.5, 0.6) is 11.5 Å². The fourth-order valence-electron chi connectivity index (χ4n) is 1.70. The van der Waals surface area contributed by atoms with Gasteiger partial charge in [0, 0.05) is 0 Å². The zero-order valence-electron chi connectivity index (χ0n) is 10.6. The number of rotatable bonds is 5. The van der Waals surface area contributed by atoms with Gasteiger partial charge in [0.1, 0.15) is 0 Å². The van der Waals surface area contributed by atoms with E-state index in [0.29, 0.717) is 11.5 Å². The van der Waals surface area contributed by atoms with Gasteiger partial charge in [0.05, 0.1) is 20.3 Å². The molecule has 4 heteroatoms. The van der Waals surface area contributed by atoms with E-state index in [-0.39, 0.29) is 12.0 Å². The molecule has 0 amide bonds. The van der Waals surface area contributed by atoms with Crippen molar-refractivity contribution < 1.29 is 14.3 Å². The highest BCUT2D eigenvalue weighted by Gasteiger charge is 2.16. The Labute approximate surface area is 101 Å². The van der Waals surface area contributed by atoms with Crippen molar-refractivity contribution in [1.82, 2.24) is 0 Å². The summed E-state index contributed by atoms with van der Waals surface area (Å²) in [6.45, 7) is 4.00. The normalized spacial score (nSPS) is 11.8. The Morgan fingerprint density at radius 2 is 1.82 bits per heavy atom. The molecule has 0 bridgehead atoms. The standard InChI is InChI=1S/C13H17NO3/c1-9(2)13(14-8-15)10-5-6-11(16-3)12(7-10)17-4/h5-7,9,13H,1-4H3. The molecular weight excluding hydrogens is 218 g/mol. The van der Waals surface area contributed by atoms with E-state index in [1.54, 1.807) is 20.3 Å². The van der Waals surface area contributed by atoms with Gasteiger partial charge in [0.25, 0.3) is 0 Å². The number of benzene rings is 1. The van der Waals surface area contributed by atoms with Gasteiger partial charge >= 0.3 is 0 Å². The molecule has 1 atom stereocenters. The van der Waals surface area contributed by atoms with Crippen molar-refractivity contribution in [2.45, 2.75) is 19.9 Å². The molecule has 1 rings (SSSR count). The summed E-state index contributed by atoms with van der Waals surface area (Å²) >= 11 is 0. The smallest absolute Gasteiger partial charge is 0.235 e. The molecule has 4 nitrogen and oxygen atoms in total. The molecule has 0 N–H and O–H groups in total. The zero-order valence-corrected chi connectivity index (χ0v) is 10.6. The number of hydrogen-bond donors (Lipinski definition) is 0. The second kappa shape index (κ2) is 6.06. The number of hydrogen-bond acceptors (Lipinski definition) is 4. The highest BCUT2D eigenvalue weighted by molar-refractivity contribution is 5.45. The van der Waals surface area contributed by atoms with Gasteiger partial charge in [-0.2, -0.15) is 4.99 Å². The predicted molar refractivity (Wildman–Crippen MR) is 65.2 cm³/mol. The van der Waals surface area contributed by atoms with Crippen LogP contribution in [0.3, 0.4) is 0 Å². The Hall–Kier alpha value is -1.80. The first-order chi connectivity index (χ1) is 8.13. The van der Waals surface area contributed by atoms with Gasteiger partial charge in [-0.1, -0.05) is 19.9 Å². The maximum atomic E-state index is 10.4. The minimum absolute atomic E-state index is 0.202. The molecule has 0 heterocycles. The van der Waals surface area contributed by atoms with E-state index in [9.17, 15) is 4.79 Å². The van der Waals surface area contributed by atoms with E-state index in [4.69, 9.17) is 9.47 Å². The first kappa shape index (κ1) is 13.3. The largest absolute Gasteiger partial charge is 0.493 e. The molecule has 0 aliphatic heterocycles. The first-order valence-corrected chi connectivity index (χ1v) is 5.43. The number of aliphatic imine (C=N–C) groups is 1. The average Bonchev–Trinajstić information content (AvgIpc) is 2.34. The van der Waals surface area contributed by atoms with Crippen LogP contribution in [0.15, 0.2) is 23.2 Å². The number of carbonyl (C=O) groups excluding carboxylic acids is 1. The topological polar surface area (TPSA) is 47.9 Å². The molecule has 0 aromatic heterocycles. The minimum Gasteiger partial charge on any atom is -0.493 e. The second-order valence-electron chi connectivity index (χ2n) is 4.02. The van der Waals surface area contributed by atoms with Crippen LogP contribution in [0.2, 0.25) is 0 Å². The molecule has 0 radical (unpaired) electrons. The zero-order chi connectivity index (χ0) is 12.8. The van der Waals surface area contributed by atoms with Crippen molar-refractivity contribution >= 4 is 6.08 Å². The summed E-state index contributed by atoms with van der Waals surface area (Å²) in [5.41, 5.74) is 0.918. The van der Waals surface area contributed by atoms with Gasteiger partial charge in [-0.3, -0.25) is 0 Å². The lowest BCUT2D eigenvalue weighted by atomic mass is 9.96. The summed E-state index contributed by atoms with van der Waals surface area (Å²) in [5, 5.41) is 0.